The fourth-order valence-corrected chi connectivity index (χ4v) is 4.07. The molecule has 0 fully saturated rings. The second kappa shape index (κ2) is 9.84. The second-order valence-electron chi connectivity index (χ2n) is 7.92. The molecule has 1 aromatic carbocycles. The van der Waals surface area contributed by atoms with Crippen molar-refractivity contribution < 1.29 is 4.74 Å². The number of allylic oxidation sites excluding steroid dienone is 2. The van der Waals surface area contributed by atoms with Crippen LogP contribution in [-0.4, -0.2) is 22.1 Å². The summed E-state index contributed by atoms with van der Waals surface area (Å²) in [4.78, 5) is 14.0. The quantitative estimate of drug-likeness (QED) is 0.386. The van der Waals surface area contributed by atoms with Crippen LogP contribution in [0, 0.1) is 6.92 Å². The molecule has 0 aliphatic heterocycles. The smallest absolute Gasteiger partial charge is 0.240 e. The lowest BCUT2D eigenvalue weighted by molar-refractivity contribution is 0.397. The molecule has 2 heterocycles. The van der Waals surface area contributed by atoms with Crippen LogP contribution in [0.4, 0.5) is 0 Å². The highest BCUT2D eigenvalue weighted by atomic mass is 32.1. The van der Waals surface area contributed by atoms with Crippen molar-refractivity contribution >= 4 is 29.6 Å². The van der Waals surface area contributed by atoms with E-state index < -0.39 is 0 Å². The van der Waals surface area contributed by atoms with Crippen molar-refractivity contribution in [2.45, 2.75) is 39.5 Å². The van der Waals surface area contributed by atoms with E-state index in [2.05, 4.69) is 60.1 Å². The first-order chi connectivity index (χ1) is 14.9. The molecule has 4 nitrogen and oxygen atoms in total. The van der Waals surface area contributed by atoms with E-state index in [0.29, 0.717) is 11.6 Å². The van der Waals surface area contributed by atoms with E-state index in [9.17, 15) is 0 Å². The van der Waals surface area contributed by atoms with E-state index in [1.54, 1.807) is 24.5 Å². The van der Waals surface area contributed by atoms with Gasteiger partial charge in [0.1, 0.15) is 5.69 Å². The third kappa shape index (κ3) is 5.36. The van der Waals surface area contributed by atoms with Crippen LogP contribution in [0.5, 0.6) is 5.88 Å². The normalized spacial score (nSPS) is 12.0. The van der Waals surface area contributed by atoms with Crippen molar-refractivity contribution in [3.8, 4) is 17.1 Å². The van der Waals surface area contributed by atoms with Crippen LogP contribution < -0.4 is 4.74 Å². The first-order valence-corrected chi connectivity index (χ1v) is 11.2. The zero-order valence-corrected chi connectivity index (χ0v) is 19.7. The Hall–Kier alpha value is -3.05. The monoisotopic (exact) mass is 431 g/mol. The minimum absolute atomic E-state index is 0.00491. The lowest BCUT2D eigenvalue weighted by Gasteiger charge is -2.20. The van der Waals surface area contributed by atoms with E-state index in [-0.39, 0.29) is 5.41 Å². The van der Waals surface area contributed by atoms with Crippen LogP contribution in [0.25, 0.3) is 29.5 Å². The van der Waals surface area contributed by atoms with Crippen molar-refractivity contribution in [2.75, 3.05) is 7.11 Å². The van der Waals surface area contributed by atoms with Gasteiger partial charge < -0.3 is 4.74 Å². The highest BCUT2D eigenvalue weighted by Crippen LogP contribution is 2.31. The van der Waals surface area contributed by atoms with E-state index in [4.69, 9.17) is 9.72 Å². The maximum absolute atomic E-state index is 5.54. The predicted molar refractivity (Wildman–Crippen MR) is 132 cm³/mol. The first-order valence-electron chi connectivity index (χ1n) is 10.3. The number of methoxy groups -OCH3 is 1. The van der Waals surface area contributed by atoms with Crippen LogP contribution in [0.15, 0.2) is 48.4 Å². The summed E-state index contributed by atoms with van der Waals surface area (Å²) in [7, 11) is 1.62. The Morgan fingerprint density at radius 3 is 2.58 bits per heavy atom. The Kier molecular flexibility index (Phi) is 7.18. The lowest BCUT2D eigenvalue weighted by atomic mass is 9.86. The molecule has 0 N–H and O–H groups in total. The Labute approximate surface area is 189 Å². The summed E-state index contributed by atoms with van der Waals surface area (Å²) in [6.07, 6.45) is 10.8. The molecule has 31 heavy (non-hydrogen) atoms. The van der Waals surface area contributed by atoms with Gasteiger partial charge in [-0.3, -0.25) is 0 Å². The van der Waals surface area contributed by atoms with Crippen molar-refractivity contribution in [3.05, 3.63) is 76.0 Å². The molecular weight excluding hydrogens is 402 g/mol. The van der Waals surface area contributed by atoms with Gasteiger partial charge in [0.05, 0.1) is 29.2 Å². The van der Waals surface area contributed by atoms with Crippen LogP contribution >= 0.6 is 11.3 Å². The number of ether oxygens (including phenoxy) is 1. The Bertz CT molecular complexity index is 1130. The van der Waals surface area contributed by atoms with Crippen molar-refractivity contribution in [1.29, 1.82) is 0 Å². The molecular formula is C26H29N3OS. The maximum Gasteiger partial charge on any atom is 0.240 e. The predicted octanol–water partition coefficient (Wildman–Crippen LogP) is 6.97. The molecule has 160 valence electrons. The molecule has 0 atom stereocenters. The molecule has 0 radical (unpaired) electrons. The Balaban J connectivity index is 1.88. The summed E-state index contributed by atoms with van der Waals surface area (Å²) in [5, 5.41) is 3.26. The number of hydrogen-bond acceptors (Lipinski definition) is 5. The highest BCUT2D eigenvalue weighted by molar-refractivity contribution is 7.09. The number of benzene rings is 1. The minimum Gasteiger partial charge on any atom is -0.479 e. The van der Waals surface area contributed by atoms with Crippen molar-refractivity contribution in [3.63, 3.8) is 0 Å². The second-order valence-corrected chi connectivity index (χ2v) is 8.99. The standard InChI is InChI=1S/C26H29N3OS/c1-7-11-22-21(8-2)28-24(25(29-22)30-6)20-14-9-12-19(16-20)13-10-15-26(4,5)23-17-31-18(3)27-23/h7-14,16-17H,2,15H2,1,3-6H3/b11-7-,13-10+. The van der Waals surface area contributed by atoms with Gasteiger partial charge in [0.25, 0.3) is 0 Å². The molecule has 0 spiro atoms. The Morgan fingerprint density at radius 2 is 1.94 bits per heavy atom. The molecule has 0 amide bonds. The van der Waals surface area contributed by atoms with Crippen LogP contribution in [-0.2, 0) is 5.41 Å². The molecule has 3 aromatic rings. The zero-order chi connectivity index (χ0) is 22.4. The number of rotatable bonds is 8. The molecule has 3 rings (SSSR count). The summed E-state index contributed by atoms with van der Waals surface area (Å²) >= 11 is 1.70. The first kappa shape index (κ1) is 22.6. The number of aryl methyl sites for hydroxylation is 1. The average Bonchev–Trinajstić information content (AvgIpc) is 3.21. The molecule has 0 aliphatic carbocycles. The molecule has 0 aliphatic rings. The largest absolute Gasteiger partial charge is 0.479 e. The summed E-state index contributed by atoms with van der Waals surface area (Å²) in [5.74, 6) is 0.500. The van der Waals surface area contributed by atoms with Crippen LogP contribution in [0.1, 0.15) is 54.8 Å². The average molecular weight is 432 g/mol. The summed E-state index contributed by atoms with van der Waals surface area (Å²) in [6.45, 7) is 12.3. The van der Waals surface area contributed by atoms with Gasteiger partial charge >= 0.3 is 0 Å². The number of nitrogens with zero attached hydrogens (tertiary/aromatic N) is 3. The van der Waals surface area contributed by atoms with Crippen molar-refractivity contribution in [1.82, 2.24) is 15.0 Å². The third-order valence-corrected chi connectivity index (χ3v) is 5.81. The molecule has 0 saturated carbocycles. The molecule has 0 saturated heterocycles. The molecule has 0 bridgehead atoms. The van der Waals surface area contributed by atoms with Gasteiger partial charge in [0, 0.05) is 16.4 Å². The maximum atomic E-state index is 5.54. The van der Waals surface area contributed by atoms with Gasteiger partial charge in [0.15, 0.2) is 0 Å². The minimum atomic E-state index is -0.00491. The van der Waals surface area contributed by atoms with Gasteiger partial charge in [-0.05, 0) is 44.1 Å². The van der Waals surface area contributed by atoms with Gasteiger partial charge in [-0.2, -0.15) is 0 Å². The molecule has 0 unspecified atom stereocenters. The molecule has 2 aromatic heterocycles. The van der Waals surface area contributed by atoms with Crippen LogP contribution in [0.3, 0.4) is 0 Å². The summed E-state index contributed by atoms with van der Waals surface area (Å²) in [5.41, 5.74) is 5.38. The topological polar surface area (TPSA) is 47.9 Å². The number of hydrogen-bond donors (Lipinski definition) is 0. The van der Waals surface area contributed by atoms with Crippen LogP contribution in [0.2, 0.25) is 0 Å². The fraction of sp³-hybridized carbons (Fsp3) is 0.269. The zero-order valence-electron chi connectivity index (χ0n) is 18.8. The van der Waals surface area contributed by atoms with E-state index in [1.165, 1.54) is 0 Å². The SMILES string of the molecule is C=Cc1nc(-c2cccc(/C=C/CC(C)(C)c3csc(C)n3)c2)c(OC)nc1/C=C\C. The molecule has 5 heteroatoms. The summed E-state index contributed by atoms with van der Waals surface area (Å²) in [6, 6.07) is 8.24. The lowest BCUT2D eigenvalue weighted by Crippen LogP contribution is -2.16. The number of aromatic nitrogens is 3. The van der Waals surface area contributed by atoms with Crippen molar-refractivity contribution in [2.24, 2.45) is 0 Å². The fourth-order valence-electron chi connectivity index (χ4n) is 3.26. The highest BCUT2D eigenvalue weighted by Gasteiger charge is 2.21. The Morgan fingerprint density at radius 1 is 1.13 bits per heavy atom. The van der Waals surface area contributed by atoms with E-state index in [0.717, 1.165) is 39.6 Å². The van der Waals surface area contributed by atoms with Gasteiger partial charge in [-0.15, -0.1) is 11.3 Å². The number of thiazole rings is 1. The van der Waals surface area contributed by atoms with Gasteiger partial charge in [-0.1, -0.05) is 56.9 Å². The van der Waals surface area contributed by atoms with Gasteiger partial charge in [0.2, 0.25) is 5.88 Å². The van der Waals surface area contributed by atoms with E-state index in [1.807, 2.05) is 38.1 Å². The van der Waals surface area contributed by atoms with Gasteiger partial charge in [-0.25, -0.2) is 15.0 Å². The van der Waals surface area contributed by atoms with E-state index >= 15 is 0 Å². The third-order valence-electron chi connectivity index (χ3n) is 5.04. The summed E-state index contributed by atoms with van der Waals surface area (Å²) < 4.78 is 5.54.